The monoisotopic (exact) mass is 266 g/mol. The molecule has 1 aliphatic rings. The lowest BCUT2D eigenvalue weighted by atomic mass is 9.67. The molecule has 0 radical (unpaired) electrons. The van der Waals surface area contributed by atoms with Crippen LogP contribution in [0, 0.1) is 17.3 Å². The maximum Gasteiger partial charge on any atom is 0.333 e. The van der Waals surface area contributed by atoms with Gasteiger partial charge in [-0.25, -0.2) is 4.79 Å². The smallest absolute Gasteiger partial charge is 0.333 e. The van der Waals surface area contributed by atoms with E-state index in [1.165, 1.54) is 32.1 Å². The quantitative estimate of drug-likeness (QED) is 0.531. The van der Waals surface area contributed by atoms with E-state index >= 15 is 0 Å². The van der Waals surface area contributed by atoms with Crippen molar-refractivity contribution in [2.45, 2.75) is 66.7 Å². The Balaban J connectivity index is 2.50. The van der Waals surface area contributed by atoms with Gasteiger partial charge in [-0.05, 0) is 56.8 Å². The molecule has 110 valence electrons. The second kappa shape index (κ2) is 7.12. The van der Waals surface area contributed by atoms with Crippen molar-refractivity contribution < 1.29 is 9.53 Å². The van der Waals surface area contributed by atoms with Crippen molar-refractivity contribution >= 4 is 5.97 Å². The average molecular weight is 266 g/mol. The molecule has 0 N–H and O–H groups in total. The summed E-state index contributed by atoms with van der Waals surface area (Å²) in [5, 5.41) is 0. The Morgan fingerprint density at radius 3 is 2.26 bits per heavy atom. The molecule has 0 aromatic carbocycles. The lowest BCUT2D eigenvalue weighted by Gasteiger charge is -2.38. The predicted molar refractivity (Wildman–Crippen MR) is 79.9 cm³/mol. The first-order valence-electron chi connectivity index (χ1n) is 7.76. The van der Waals surface area contributed by atoms with Crippen molar-refractivity contribution in [2.24, 2.45) is 17.3 Å². The molecule has 1 fully saturated rings. The van der Waals surface area contributed by atoms with Crippen molar-refractivity contribution in [3.05, 3.63) is 11.6 Å². The third-order valence-corrected chi connectivity index (χ3v) is 4.87. The van der Waals surface area contributed by atoms with Gasteiger partial charge in [0.25, 0.3) is 0 Å². The number of hydrogen-bond donors (Lipinski definition) is 0. The van der Waals surface area contributed by atoms with E-state index in [2.05, 4.69) is 26.8 Å². The minimum Gasteiger partial charge on any atom is -0.463 e. The van der Waals surface area contributed by atoms with Crippen LogP contribution in [0.5, 0.6) is 0 Å². The van der Waals surface area contributed by atoms with Gasteiger partial charge in [-0.15, -0.1) is 0 Å². The standard InChI is InChI=1S/C17H30O2/c1-6-17(4,5)15-10-8-14(9-11-15)12-13(3)16(18)19-7-2/h12,14-15H,6-11H2,1-5H3/b13-12+. The van der Waals surface area contributed by atoms with E-state index in [0.29, 0.717) is 17.9 Å². The molecule has 0 aliphatic heterocycles. The van der Waals surface area contributed by atoms with E-state index in [0.717, 1.165) is 11.5 Å². The van der Waals surface area contributed by atoms with E-state index in [1.807, 2.05) is 13.8 Å². The fourth-order valence-electron chi connectivity index (χ4n) is 3.02. The number of ether oxygens (including phenoxy) is 1. The zero-order valence-corrected chi connectivity index (χ0v) is 13.3. The molecule has 0 unspecified atom stereocenters. The number of carbonyl (C=O) groups is 1. The molecule has 1 saturated carbocycles. The number of allylic oxidation sites excluding steroid dienone is 1. The van der Waals surface area contributed by atoms with E-state index in [4.69, 9.17) is 4.74 Å². The van der Waals surface area contributed by atoms with Crippen LogP contribution in [-0.2, 0) is 9.53 Å². The van der Waals surface area contributed by atoms with Crippen molar-refractivity contribution in [3.8, 4) is 0 Å². The van der Waals surface area contributed by atoms with Crippen LogP contribution in [0.25, 0.3) is 0 Å². The van der Waals surface area contributed by atoms with Crippen LogP contribution >= 0.6 is 0 Å². The summed E-state index contributed by atoms with van der Waals surface area (Å²) in [6.45, 7) is 11.2. The summed E-state index contributed by atoms with van der Waals surface area (Å²) in [4.78, 5) is 11.6. The van der Waals surface area contributed by atoms with Crippen molar-refractivity contribution in [1.82, 2.24) is 0 Å². The van der Waals surface area contributed by atoms with Gasteiger partial charge in [0, 0.05) is 5.57 Å². The van der Waals surface area contributed by atoms with Gasteiger partial charge in [0.05, 0.1) is 6.61 Å². The fraction of sp³-hybridized carbons (Fsp3) is 0.824. The summed E-state index contributed by atoms with van der Waals surface area (Å²) in [6, 6.07) is 0. The van der Waals surface area contributed by atoms with E-state index in [1.54, 1.807) is 0 Å². The van der Waals surface area contributed by atoms with Gasteiger partial charge in [0.1, 0.15) is 0 Å². The summed E-state index contributed by atoms with van der Waals surface area (Å²) in [6.07, 6.45) is 8.39. The van der Waals surface area contributed by atoms with Crippen LogP contribution in [0.15, 0.2) is 11.6 Å². The van der Waals surface area contributed by atoms with E-state index in [-0.39, 0.29) is 5.97 Å². The van der Waals surface area contributed by atoms with Gasteiger partial charge in [0.15, 0.2) is 0 Å². The predicted octanol–water partition coefficient (Wildman–Crippen LogP) is 4.74. The molecule has 0 aromatic heterocycles. The molecule has 1 aliphatic carbocycles. The zero-order valence-electron chi connectivity index (χ0n) is 13.3. The highest BCUT2D eigenvalue weighted by molar-refractivity contribution is 5.87. The fourth-order valence-corrected chi connectivity index (χ4v) is 3.02. The SMILES string of the molecule is CCOC(=O)/C(C)=C/C1CCC(C(C)(C)CC)CC1. The topological polar surface area (TPSA) is 26.3 Å². The molecule has 0 heterocycles. The molecule has 0 amide bonds. The summed E-state index contributed by atoms with van der Waals surface area (Å²) >= 11 is 0. The molecule has 0 bridgehead atoms. The number of rotatable bonds is 5. The first-order valence-corrected chi connectivity index (χ1v) is 7.76. The van der Waals surface area contributed by atoms with Crippen LogP contribution in [-0.4, -0.2) is 12.6 Å². The molecule has 0 aromatic rings. The molecule has 0 atom stereocenters. The largest absolute Gasteiger partial charge is 0.463 e. The molecule has 1 rings (SSSR count). The molecule has 2 heteroatoms. The Bertz CT molecular complexity index is 320. The third-order valence-electron chi connectivity index (χ3n) is 4.87. The lowest BCUT2D eigenvalue weighted by molar-refractivity contribution is -0.138. The Morgan fingerprint density at radius 1 is 1.21 bits per heavy atom. The van der Waals surface area contributed by atoms with Crippen molar-refractivity contribution in [2.75, 3.05) is 6.61 Å². The minimum atomic E-state index is -0.154. The maximum absolute atomic E-state index is 11.6. The van der Waals surface area contributed by atoms with Gasteiger partial charge in [0.2, 0.25) is 0 Å². The molecule has 0 saturated heterocycles. The van der Waals surface area contributed by atoms with Gasteiger partial charge in [-0.2, -0.15) is 0 Å². The van der Waals surface area contributed by atoms with Crippen LogP contribution in [0.3, 0.4) is 0 Å². The number of esters is 1. The van der Waals surface area contributed by atoms with E-state index in [9.17, 15) is 4.79 Å². The highest BCUT2D eigenvalue weighted by Crippen LogP contribution is 2.42. The van der Waals surface area contributed by atoms with Gasteiger partial charge in [-0.1, -0.05) is 33.3 Å². The maximum atomic E-state index is 11.6. The molecular formula is C17H30O2. The first kappa shape index (κ1) is 16.3. The average Bonchev–Trinajstić information content (AvgIpc) is 2.39. The Labute approximate surface area is 118 Å². The van der Waals surface area contributed by atoms with Crippen LogP contribution in [0.4, 0.5) is 0 Å². The van der Waals surface area contributed by atoms with Gasteiger partial charge in [-0.3, -0.25) is 0 Å². The highest BCUT2D eigenvalue weighted by atomic mass is 16.5. The van der Waals surface area contributed by atoms with Crippen LogP contribution < -0.4 is 0 Å². The minimum absolute atomic E-state index is 0.154. The molecule has 0 spiro atoms. The highest BCUT2D eigenvalue weighted by Gasteiger charge is 2.31. The summed E-state index contributed by atoms with van der Waals surface area (Å²) in [7, 11) is 0. The lowest BCUT2D eigenvalue weighted by Crippen LogP contribution is -2.27. The summed E-state index contributed by atoms with van der Waals surface area (Å²) in [5.74, 6) is 1.25. The molecule has 2 nitrogen and oxygen atoms in total. The second-order valence-electron chi connectivity index (χ2n) is 6.52. The van der Waals surface area contributed by atoms with Crippen LogP contribution in [0.2, 0.25) is 0 Å². The van der Waals surface area contributed by atoms with Crippen molar-refractivity contribution in [3.63, 3.8) is 0 Å². The zero-order chi connectivity index (χ0) is 14.5. The van der Waals surface area contributed by atoms with E-state index < -0.39 is 0 Å². The Morgan fingerprint density at radius 2 is 1.79 bits per heavy atom. The van der Waals surface area contributed by atoms with Gasteiger partial charge >= 0.3 is 5.97 Å². The second-order valence-corrected chi connectivity index (χ2v) is 6.52. The Kier molecular flexibility index (Phi) is 6.09. The Hall–Kier alpha value is -0.790. The van der Waals surface area contributed by atoms with Crippen molar-refractivity contribution in [1.29, 1.82) is 0 Å². The summed E-state index contributed by atoms with van der Waals surface area (Å²) in [5.41, 5.74) is 1.24. The third kappa shape index (κ3) is 4.67. The first-order chi connectivity index (χ1) is 8.90. The molecule has 19 heavy (non-hydrogen) atoms. The summed E-state index contributed by atoms with van der Waals surface area (Å²) < 4.78 is 5.03. The normalized spacial score (nSPS) is 25.2. The van der Waals surface area contributed by atoms with Crippen LogP contribution in [0.1, 0.15) is 66.7 Å². The number of hydrogen-bond acceptors (Lipinski definition) is 2. The number of carbonyl (C=O) groups excluding carboxylic acids is 1. The van der Waals surface area contributed by atoms with Gasteiger partial charge < -0.3 is 4.74 Å². The molecular weight excluding hydrogens is 236 g/mol.